The summed E-state index contributed by atoms with van der Waals surface area (Å²) >= 11 is 0. The van der Waals surface area contributed by atoms with Crippen LogP contribution in [0.3, 0.4) is 0 Å². The first-order valence-electron chi connectivity index (χ1n) is 7.21. The fraction of sp³-hybridized carbons (Fsp3) is 1.00. The first-order valence-corrected chi connectivity index (χ1v) is 7.21. The lowest BCUT2D eigenvalue weighted by Crippen LogP contribution is -2.53. The molecule has 4 unspecified atom stereocenters. The summed E-state index contributed by atoms with van der Waals surface area (Å²) in [6, 6.07) is 0.959. The van der Waals surface area contributed by atoms with Crippen molar-refractivity contribution in [1.29, 1.82) is 0 Å². The highest BCUT2D eigenvalue weighted by Gasteiger charge is 2.37. The van der Waals surface area contributed by atoms with Crippen LogP contribution in [0.4, 0.5) is 0 Å². The van der Waals surface area contributed by atoms with Crippen molar-refractivity contribution in [2.45, 2.75) is 63.6 Å². The molecule has 3 N–H and O–H groups in total. The Balaban J connectivity index is 1.92. The van der Waals surface area contributed by atoms with Crippen molar-refractivity contribution in [1.82, 2.24) is 4.90 Å². The average Bonchev–Trinajstić information content (AvgIpc) is 3.13. The molecule has 0 saturated heterocycles. The quantitative estimate of drug-likeness (QED) is 0.767. The Morgan fingerprint density at radius 2 is 2.00 bits per heavy atom. The van der Waals surface area contributed by atoms with E-state index in [-0.39, 0.29) is 18.7 Å². The Morgan fingerprint density at radius 1 is 1.29 bits per heavy atom. The van der Waals surface area contributed by atoms with Crippen molar-refractivity contribution in [2.24, 2.45) is 17.6 Å². The molecule has 0 aliphatic heterocycles. The van der Waals surface area contributed by atoms with Gasteiger partial charge in [0.2, 0.25) is 0 Å². The van der Waals surface area contributed by atoms with Gasteiger partial charge in [-0.15, -0.1) is 0 Å². The van der Waals surface area contributed by atoms with E-state index in [9.17, 15) is 5.11 Å². The zero-order chi connectivity index (χ0) is 12.4. The van der Waals surface area contributed by atoms with Gasteiger partial charge in [-0.3, -0.25) is 4.90 Å². The Hall–Kier alpha value is -0.120. The lowest BCUT2D eigenvalue weighted by molar-refractivity contribution is 0.0602. The third kappa shape index (κ3) is 3.21. The van der Waals surface area contributed by atoms with Gasteiger partial charge in [0, 0.05) is 18.1 Å². The third-order valence-corrected chi connectivity index (χ3v) is 4.81. The summed E-state index contributed by atoms with van der Waals surface area (Å²) in [7, 11) is 2.16. The molecule has 2 aliphatic carbocycles. The largest absolute Gasteiger partial charge is 0.395 e. The summed E-state index contributed by atoms with van der Waals surface area (Å²) in [5.74, 6) is 1.49. The summed E-state index contributed by atoms with van der Waals surface area (Å²) in [6.07, 6.45) is 7.74. The van der Waals surface area contributed by atoms with Crippen LogP contribution in [0.25, 0.3) is 0 Å². The molecule has 17 heavy (non-hydrogen) atoms. The molecule has 2 fully saturated rings. The molecular formula is C14H28N2O. The van der Waals surface area contributed by atoms with Crippen LogP contribution in [0, 0.1) is 11.8 Å². The summed E-state index contributed by atoms with van der Waals surface area (Å²) in [5.41, 5.74) is 6.27. The van der Waals surface area contributed by atoms with Gasteiger partial charge in [-0.05, 0) is 44.6 Å². The third-order valence-electron chi connectivity index (χ3n) is 4.81. The van der Waals surface area contributed by atoms with Crippen molar-refractivity contribution < 1.29 is 5.11 Å². The van der Waals surface area contributed by atoms with Crippen molar-refractivity contribution in [3.8, 4) is 0 Å². The van der Waals surface area contributed by atoms with Gasteiger partial charge in [-0.25, -0.2) is 0 Å². The van der Waals surface area contributed by atoms with Crippen LogP contribution >= 0.6 is 0 Å². The lowest BCUT2D eigenvalue weighted by Gasteiger charge is -2.40. The highest BCUT2D eigenvalue weighted by atomic mass is 16.3. The Labute approximate surface area is 105 Å². The van der Waals surface area contributed by atoms with Crippen LogP contribution in [-0.2, 0) is 0 Å². The van der Waals surface area contributed by atoms with Gasteiger partial charge in [0.05, 0.1) is 6.61 Å². The maximum Gasteiger partial charge on any atom is 0.0602 e. The molecule has 4 atom stereocenters. The fourth-order valence-electron chi connectivity index (χ4n) is 3.36. The Morgan fingerprint density at radius 3 is 2.53 bits per heavy atom. The van der Waals surface area contributed by atoms with E-state index in [1.807, 2.05) is 0 Å². The van der Waals surface area contributed by atoms with E-state index < -0.39 is 0 Å². The minimum absolute atomic E-state index is 0.165. The smallest absolute Gasteiger partial charge is 0.0602 e. The number of rotatable bonds is 5. The minimum Gasteiger partial charge on any atom is -0.395 e. The van der Waals surface area contributed by atoms with Crippen molar-refractivity contribution in [3.63, 3.8) is 0 Å². The van der Waals surface area contributed by atoms with E-state index in [0.717, 1.165) is 5.92 Å². The molecule has 100 valence electrons. The van der Waals surface area contributed by atoms with E-state index >= 15 is 0 Å². The molecule has 3 nitrogen and oxygen atoms in total. The number of likely N-dealkylation sites (N-methyl/N-ethyl adjacent to an activating group) is 1. The fourth-order valence-corrected chi connectivity index (χ4v) is 3.36. The minimum atomic E-state index is 0.165. The Kier molecular flexibility index (Phi) is 4.45. The van der Waals surface area contributed by atoms with Gasteiger partial charge in [0.1, 0.15) is 0 Å². The SMILES string of the molecule is CC1CCCC(N(C)C(CO)C(N)C2CC2)C1. The predicted octanol–water partition coefficient (Wildman–Crippen LogP) is 1.60. The predicted molar refractivity (Wildman–Crippen MR) is 70.8 cm³/mol. The summed E-state index contributed by atoms with van der Waals surface area (Å²) in [5, 5.41) is 9.62. The van der Waals surface area contributed by atoms with E-state index in [1.165, 1.54) is 38.5 Å². The maximum atomic E-state index is 9.62. The van der Waals surface area contributed by atoms with Crippen LogP contribution in [0.1, 0.15) is 45.4 Å². The molecule has 3 heteroatoms. The molecule has 0 aromatic carbocycles. The van der Waals surface area contributed by atoms with Gasteiger partial charge in [-0.2, -0.15) is 0 Å². The zero-order valence-corrected chi connectivity index (χ0v) is 11.3. The molecule has 0 heterocycles. The van der Waals surface area contributed by atoms with Gasteiger partial charge in [0.15, 0.2) is 0 Å². The van der Waals surface area contributed by atoms with Crippen LogP contribution in [0.5, 0.6) is 0 Å². The monoisotopic (exact) mass is 240 g/mol. The lowest BCUT2D eigenvalue weighted by atomic mass is 9.85. The molecule has 0 bridgehead atoms. The molecule has 0 amide bonds. The molecule has 2 saturated carbocycles. The average molecular weight is 240 g/mol. The maximum absolute atomic E-state index is 9.62. The first-order chi connectivity index (χ1) is 8.13. The Bertz CT molecular complexity index is 242. The van der Waals surface area contributed by atoms with Gasteiger partial charge >= 0.3 is 0 Å². The topological polar surface area (TPSA) is 49.5 Å². The first kappa shape index (κ1) is 13.3. The number of hydrogen-bond donors (Lipinski definition) is 2. The van der Waals surface area contributed by atoms with Crippen molar-refractivity contribution >= 4 is 0 Å². The number of nitrogens with two attached hydrogens (primary N) is 1. The molecule has 0 aromatic heterocycles. The molecule has 0 spiro atoms. The van der Waals surface area contributed by atoms with Gasteiger partial charge in [-0.1, -0.05) is 19.8 Å². The van der Waals surface area contributed by atoms with E-state index in [1.54, 1.807) is 0 Å². The van der Waals surface area contributed by atoms with Crippen LogP contribution < -0.4 is 5.73 Å². The molecule has 2 rings (SSSR count). The van der Waals surface area contributed by atoms with Crippen LogP contribution in [0.2, 0.25) is 0 Å². The van der Waals surface area contributed by atoms with Crippen molar-refractivity contribution in [2.75, 3.05) is 13.7 Å². The highest BCUT2D eigenvalue weighted by Crippen LogP contribution is 2.35. The summed E-state index contributed by atoms with van der Waals surface area (Å²) in [6.45, 7) is 2.55. The van der Waals surface area contributed by atoms with Crippen molar-refractivity contribution in [3.05, 3.63) is 0 Å². The second-order valence-electron chi connectivity index (χ2n) is 6.26. The number of aliphatic hydroxyl groups excluding tert-OH is 1. The molecule has 0 radical (unpaired) electrons. The van der Waals surface area contributed by atoms with E-state index in [4.69, 9.17) is 5.73 Å². The number of nitrogens with zero attached hydrogens (tertiary/aromatic N) is 1. The van der Waals surface area contributed by atoms with Crippen LogP contribution in [-0.4, -0.2) is 41.8 Å². The van der Waals surface area contributed by atoms with E-state index in [2.05, 4.69) is 18.9 Å². The van der Waals surface area contributed by atoms with Gasteiger partial charge < -0.3 is 10.8 Å². The molecule has 0 aromatic rings. The number of aliphatic hydroxyl groups is 1. The number of hydrogen-bond acceptors (Lipinski definition) is 3. The molecule has 2 aliphatic rings. The standard InChI is InChI=1S/C14H28N2O/c1-10-4-3-5-12(8-10)16(2)13(9-17)14(15)11-6-7-11/h10-14,17H,3-9,15H2,1-2H3. The zero-order valence-electron chi connectivity index (χ0n) is 11.3. The summed E-state index contributed by atoms with van der Waals surface area (Å²) < 4.78 is 0. The normalized spacial score (nSPS) is 33.7. The second-order valence-corrected chi connectivity index (χ2v) is 6.26. The van der Waals surface area contributed by atoms with Gasteiger partial charge in [0.25, 0.3) is 0 Å². The second kappa shape index (κ2) is 5.68. The highest BCUT2D eigenvalue weighted by molar-refractivity contribution is 4.94. The van der Waals surface area contributed by atoms with Crippen LogP contribution in [0.15, 0.2) is 0 Å². The molecular weight excluding hydrogens is 212 g/mol. The summed E-state index contributed by atoms with van der Waals surface area (Å²) in [4.78, 5) is 2.37. The van der Waals surface area contributed by atoms with E-state index in [0.29, 0.717) is 12.0 Å².